The van der Waals surface area contributed by atoms with Crippen molar-refractivity contribution in [2.45, 2.75) is 99.8 Å². The zero-order valence-electron chi connectivity index (χ0n) is 50.6. The number of aliphatic imine (C=N–C) groups is 2. The summed E-state index contributed by atoms with van der Waals surface area (Å²) >= 11 is 15.8. The summed E-state index contributed by atoms with van der Waals surface area (Å²) in [6.45, 7) is 23.7. The van der Waals surface area contributed by atoms with Gasteiger partial charge in [0.2, 0.25) is 11.8 Å². The molecule has 2 amide bonds. The van der Waals surface area contributed by atoms with Gasteiger partial charge in [0.15, 0.2) is 11.6 Å². The third-order valence-corrected chi connectivity index (χ3v) is 17.0. The highest BCUT2D eigenvalue weighted by Crippen LogP contribution is 2.41. The van der Waals surface area contributed by atoms with Gasteiger partial charge in [0.1, 0.15) is 45.9 Å². The number of esters is 1. The van der Waals surface area contributed by atoms with E-state index in [0.29, 0.717) is 101 Å². The molecule has 0 radical (unpaired) electrons. The number of aryl methyl sites for hydroxylation is 4. The van der Waals surface area contributed by atoms with Gasteiger partial charge in [0, 0.05) is 60.6 Å². The Kier molecular flexibility index (Phi) is 23.7. The maximum absolute atomic E-state index is 13.4. The normalized spacial score (nSPS) is 14.8. The molecule has 464 valence electrons. The third-order valence-electron chi connectivity index (χ3n) is 14.1. The quantitative estimate of drug-likeness (QED) is 0.0296. The fraction of sp³-hybridized carbons (Fsp3) is 0.525. The number of amides is 2. The molecule has 0 spiro atoms. The minimum Gasteiger partial charge on any atom is -0.458 e. The highest BCUT2D eigenvalue weighted by molar-refractivity contribution is 7.15. The van der Waals surface area contributed by atoms with E-state index >= 15 is 0 Å². The summed E-state index contributed by atoms with van der Waals surface area (Å²) in [5.74, 6) is 1.83. The van der Waals surface area contributed by atoms with Crippen LogP contribution in [0.1, 0.15) is 119 Å². The summed E-state index contributed by atoms with van der Waals surface area (Å²) in [4.78, 5) is 51.9. The molecule has 86 heavy (non-hydrogen) atoms. The van der Waals surface area contributed by atoms with E-state index in [9.17, 15) is 14.4 Å². The van der Waals surface area contributed by atoms with Crippen LogP contribution in [0.4, 0.5) is 0 Å². The molecule has 2 N–H and O–H groups in total. The molecule has 2 aliphatic rings. The molecule has 0 unspecified atom stereocenters. The zero-order valence-corrected chi connectivity index (χ0v) is 53.8. The first-order chi connectivity index (χ1) is 41.2. The van der Waals surface area contributed by atoms with Crippen LogP contribution in [0.25, 0.3) is 10.0 Å². The zero-order chi connectivity index (χ0) is 61.5. The number of thiophene rings is 2. The van der Waals surface area contributed by atoms with Gasteiger partial charge in [-0.05, 0) is 97.7 Å². The SMILES string of the molecule is Cc1sc2c(c1C)C(c1ccc(Cl)cc1)=N[C@@H](CC(=O)NCCOCCOCCOCC(C)(COCCOCCOCCNC(=O)C[C@@H]1N=C(c3ccc(Cl)cc3)c3c(sc(C)c3C)-n3c(C)nnc31)COCC(=O)OC(C)(C)C)c1nnc(C)n1-2. The third kappa shape index (κ3) is 17.7. The van der Waals surface area contributed by atoms with Crippen molar-refractivity contribution in [3.05, 3.63) is 125 Å². The molecule has 8 rings (SSSR count). The van der Waals surface area contributed by atoms with Crippen molar-refractivity contribution in [2.24, 2.45) is 15.4 Å². The minimum atomic E-state index is -0.639. The first-order valence-corrected chi connectivity index (χ1v) is 31.1. The van der Waals surface area contributed by atoms with Crippen molar-refractivity contribution < 1.29 is 52.3 Å². The fourth-order valence-electron chi connectivity index (χ4n) is 9.68. The average Bonchev–Trinajstić information content (AvgIpc) is 1.65. The lowest BCUT2D eigenvalue weighted by molar-refractivity contribution is -0.162. The van der Waals surface area contributed by atoms with Gasteiger partial charge in [0.05, 0.1) is 110 Å². The summed E-state index contributed by atoms with van der Waals surface area (Å²) in [5, 5.41) is 26.9. The molecular formula is C61H78Cl2N10O11S2. The van der Waals surface area contributed by atoms with Gasteiger partial charge in [-0.3, -0.25) is 28.7 Å². The number of aromatic nitrogens is 6. The van der Waals surface area contributed by atoms with Gasteiger partial charge in [-0.2, -0.15) is 0 Å². The van der Waals surface area contributed by atoms with Crippen LogP contribution >= 0.6 is 45.9 Å². The molecular weight excluding hydrogens is 1180 g/mol. The van der Waals surface area contributed by atoms with Crippen LogP contribution in [0.5, 0.6) is 0 Å². The number of ether oxygens (including phenoxy) is 8. The van der Waals surface area contributed by atoms with E-state index in [0.717, 1.165) is 66.5 Å². The molecule has 4 aromatic heterocycles. The van der Waals surface area contributed by atoms with Gasteiger partial charge in [-0.1, -0.05) is 54.4 Å². The second-order valence-electron chi connectivity index (χ2n) is 22.4. The van der Waals surface area contributed by atoms with E-state index in [1.807, 2.05) is 78.4 Å². The molecule has 0 saturated carbocycles. The molecule has 2 aliphatic heterocycles. The molecule has 6 aromatic rings. The van der Waals surface area contributed by atoms with Gasteiger partial charge >= 0.3 is 5.97 Å². The van der Waals surface area contributed by atoms with Crippen LogP contribution in [-0.2, 0) is 52.3 Å². The summed E-state index contributed by atoms with van der Waals surface area (Å²) in [7, 11) is 0. The molecule has 6 heterocycles. The smallest absolute Gasteiger partial charge is 0.332 e. The van der Waals surface area contributed by atoms with Crippen LogP contribution in [0, 0.1) is 47.0 Å². The summed E-state index contributed by atoms with van der Waals surface area (Å²) in [6, 6.07) is 14.0. The lowest BCUT2D eigenvalue weighted by atomic mass is 9.94. The van der Waals surface area contributed by atoms with Crippen molar-refractivity contribution in [1.29, 1.82) is 0 Å². The molecule has 2 atom stereocenters. The number of rotatable bonds is 32. The fourth-order valence-corrected chi connectivity index (χ4v) is 12.4. The maximum atomic E-state index is 13.4. The van der Waals surface area contributed by atoms with Crippen molar-refractivity contribution >= 4 is 75.1 Å². The Labute approximate surface area is 520 Å². The topological polar surface area (TPSA) is 235 Å². The van der Waals surface area contributed by atoms with E-state index in [1.54, 1.807) is 43.4 Å². The maximum Gasteiger partial charge on any atom is 0.332 e. The number of carbonyl (C=O) groups excluding carboxylic acids is 3. The van der Waals surface area contributed by atoms with E-state index in [1.165, 1.54) is 9.75 Å². The first-order valence-electron chi connectivity index (χ1n) is 28.7. The Hall–Kier alpha value is -5.83. The first kappa shape index (κ1) is 66.1. The predicted molar refractivity (Wildman–Crippen MR) is 331 cm³/mol. The average molecular weight is 1260 g/mol. The van der Waals surface area contributed by atoms with E-state index < -0.39 is 29.1 Å². The molecule has 0 bridgehead atoms. The largest absolute Gasteiger partial charge is 0.458 e. The van der Waals surface area contributed by atoms with Crippen LogP contribution < -0.4 is 10.6 Å². The van der Waals surface area contributed by atoms with Crippen molar-refractivity contribution in [3.8, 4) is 10.0 Å². The molecule has 25 heteroatoms. The van der Waals surface area contributed by atoms with Crippen molar-refractivity contribution in [1.82, 2.24) is 40.2 Å². The number of nitrogens with one attached hydrogen (secondary N) is 2. The van der Waals surface area contributed by atoms with Gasteiger partial charge in [-0.25, -0.2) is 4.79 Å². The Morgan fingerprint density at radius 2 is 0.895 bits per heavy atom. The van der Waals surface area contributed by atoms with Crippen LogP contribution in [0.15, 0.2) is 58.5 Å². The highest BCUT2D eigenvalue weighted by atomic mass is 35.5. The Morgan fingerprint density at radius 3 is 1.29 bits per heavy atom. The monoisotopic (exact) mass is 1260 g/mol. The number of hydrogen-bond donors (Lipinski definition) is 2. The van der Waals surface area contributed by atoms with Crippen molar-refractivity contribution in [3.63, 3.8) is 0 Å². The standard InChI is InChI=1S/C61H78Cl2N10O11S2/c1-37-39(3)85-58-52(37)54(43-11-15-45(62)16-12-43)66-47(56-70-68-41(5)72(56)58)31-49(74)64-19-21-77-23-25-79-27-29-81-34-61(10,36-83-33-51(76)84-60(7,8)9)35-82-30-28-80-26-24-78-22-20-65-50(75)32-48-57-71-69-42(6)73(57)59-53(38(2)40(4)86-59)55(67-48)44-13-17-46(63)18-14-44/h11-18,47-48H,19-36H2,1-10H3,(H,64,74)(H,65,75)/t47-,48-/m0/s1. The number of hydrogen-bond acceptors (Lipinski definition) is 19. The summed E-state index contributed by atoms with van der Waals surface area (Å²) < 4.78 is 50.4. The lowest BCUT2D eigenvalue weighted by Crippen LogP contribution is -2.36. The Bertz CT molecular complexity index is 3140. The van der Waals surface area contributed by atoms with E-state index in [4.69, 9.17) is 71.1 Å². The molecule has 2 aromatic carbocycles. The highest BCUT2D eigenvalue weighted by Gasteiger charge is 2.35. The second kappa shape index (κ2) is 30.9. The van der Waals surface area contributed by atoms with Crippen LogP contribution in [0.3, 0.4) is 0 Å². The van der Waals surface area contributed by atoms with Crippen molar-refractivity contribution in [2.75, 3.05) is 106 Å². The Balaban J connectivity index is 0.699. The summed E-state index contributed by atoms with van der Waals surface area (Å²) in [6.07, 6.45) is 0.144. The second-order valence-corrected chi connectivity index (χ2v) is 25.6. The van der Waals surface area contributed by atoms with Gasteiger partial charge in [0.25, 0.3) is 0 Å². The van der Waals surface area contributed by atoms with E-state index in [2.05, 4.69) is 58.7 Å². The number of carbonyl (C=O) groups is 3. The minimum absolute atomic E-state index is 0.0718. The number of halogens is 2. The summed E-state index contributed by atoms with van der Waals surface area (Å²) in [5.41, 5.74) is 6.36. The van der Waals surface area contributed by atoms with Gasteiger partial charge < -0.3 is 48.5 Å². The molecule has 0 aliphatic carbocycles. The van der Waals surface area contributed by atoms with Crippen LogP contribution in [-0.4, -0.2) is 170 Å². The predicted octanol–water partition coefficient (Wildman–Crippen LogP) is 9.09. The number of benzene rings is 2. The molecule has 21 nitrogen and oxygen atoms in total. The van der Waals surface area contributed by atoms with E-state index in [-0.39, 0.29) is 51.1 Å². The van der Waals surface area contributed by atoms with Crippen LogP contribution in [0.2, 0.25) is 10.0 Å². The molecule has 0 fully saturated rings. The lowest BCUT2D eigenvalue weighted by Gasteiger charge is -2.29. The number of fused-ring (bicyclic) bond motifs is 6. The van der Waals surface area contributed by atoms with Gasteiger partial charge in [-0.15, -0.1) is 43.1 Å². The Morgan fingerprint density at radius 1 is 0.523 bits per heavy atom. The number of nitrogens with zero attached hydrogens (tertiary/aromatic N) is 8. The molecule has 0 saturated heterocycles.